The van der Waals surface area contributed by atoms with Crippen LogP contribution in [0, 0.1) is 18.3 Å². The Balaban J connectivity index is 1.44. The first-order chi connectivity index (χ1) is 12.6. The minimum Gasteiger partial charge on any atom is -0.438 e. The molecule has 1 saturated heterocycles. The summed E-state index contributed by atoms with van der Waals surface area (Å²) in [5.41, 5.74) is 0.835. The van der Waals surface area contributed by atoms with Gasteiger partial charge in [0.25, 0.3) is 5.91 Å². The minimum atomic E-state index is -0.0464. The van der Waals surface area contributed by atoms with Crippen molar-refractivity contribution in [3.8, 4) is 0 Å². The third kappa shape index (κ3) is 3.51. The van der Waals surface area contributed by atoms with Crippen molar-refractivity contribution in [2.75, 3.05) is 13.1 Å². The summed E-state index contributed by atoms with van der Waals surface area (Å²) >= 11 is 0. The van der Waals surface area contributed by atoms with Crippen LogP contribution in [0.2, 0.25) is 0 Å². The lowest BCUT2D eigenvalue weighted by Gasteiger charge is -2.38. The number of hydrogen-bond acceptors (Lipinski definition) is 4. The molecule has 1 N–H and O–H groups in total. The molecule has 3 aliphatic rings. The van der Waals surface area contributed by atoms with Crippen molar-refractivity contribution in [3.05, 3.63) is 17.8 Å². The Morgan fingerprint density at radius 3 is 2.73 bits per heavy atom. The SMILES string of the molecule is Cc1ncoc1C(=O)N1CC(CCC(=O)NC2CC2)C2(CCCCC2)C1. The van der Waals surface area contributed by atoms with Crippen LogP contribution in [0.25, 0.3) is 0 Å². The molecule has 26 heavy (non-hydrogen) atoms. The molecule has 4 rings (SSSR count). The monoisotopic (exact) mass is 359 g/mol. The number of hydrogen-bond donors (Lipinski definition) is 1. The van der Waals surface area contributed by atoms with Gasteiger partial charge in [-0.05, 0) is 50.4 Å². The highest BCUT2D eigenvalue weighted by molar-refractivity contribution is 5.92. The van der Waals surface area contributed by atoms with E-state index in [0.29, 0.717) is 29.8 Å². The Labute approximate surface area is 154 Å². The first kappa shape index (κ1) is 17.6. The van der Waals surface area contributed by atoms with Crippen LogP contribution in [0.15, 0.2) is 10.8 Å². The van der Waals surface area contributed by atoms with Crippen molar-refractivity contribution in [2.24, 2.45) is 11.3 Å². The summed E-state index contributed by atoms with van der Waals surface area (Å²) in [4.78, 5) is 31.1. The van der Waals surface area contributed by atoms with E-state index in [-0.39, 0.29) is 17.2 Å². The number of rotatable bonds is 5. The van der Waals surface area contributed by atoms with E-state index in [1.165, 1.54) is 38.5 Å². The second-order valence-corrected chi connectivity index (χ2v) is 8.45. The van der Waals surface area contributed by atoms with E-state index < -0.39 is 0 Å². The normalized spacial score (nSPS) is 24.8. The van der Waals surface area contributed by atoms with Crippen LogP contribution in [0.3, 0.4) is 0 Å². The first-order valence-electron chi connectivity index (χ1n) is 10.1. The van der Waals surface area contributed by atoms with Crippen molar-refractivity contribution in [3.63, 3.8) is 0 Å². The molecule has 1 atom stereocenters. The summed E-state index contributed by atoms with van der Waals surface area (Å²) in [5.74, 6) is 0.896. The standard InChI is InChI=1S/C20H29N3O3/c1-14-18(26-13-21-14)19(25)23-11-15(5-8-17(24)22-16-6-7-16)20(12-23)9-3-2-4-10-20/h13,15-16H,2-12H2,1H3,(H,22,24). The molecule has 2 heterocycles. The lowest BCUT2D eigenvalue weighted by atomic mass is 9.66. The molecule has 0 radical (unpaired) electrons. The van der Waals surface area contributed by atoms with Crippen molar-refractivity contribution in [1.82, 2.24) is 15.2 Å². The van der Waals surface area contributed by atoms with E-state index in [4.69, 9.17) is 4.42 Å². The van der Waals surface area contributed by atoms with Crippen LogP contribution in [-0.4, -0.2) is 40.8 Å². The predicted octanol–water partition coefficient (Wildman–Crippen LogP) is 3.06. The molecule has 1 aromatic rings. The van der Waals surface area contributed by atoms with Gasteiger partial charge in [-0.2, -0.15) is 0 Å². The van der Waals surface area contributed by atoms with Gasteiger partial charge in [0.15, 0.2) is 6.39 Å². The number of likely N-dealkylation sites (tertiary alicyclic amines) is 1. The van der Waals surface area contributed by atoms with Crippen LogP contribution in [-0.2, 0) is 4.79 Å². The summed E-state index contributed by atoms with van der Waals surface area (Å²) in [6, 6.07) is 0.419. The molecule has 6 heteroatoms. The van der Waals surface area contributed by atoms with Crippen LogP contribution in [0.5, 0.6) is 0 Å². The molecular formula is C20H29N3O3. The highest BCUT2D eigenvalue weighted by atomic mass is 16.3. The van der Waals surface area contributed by atoms with Gasteiger partial charge in [-0.25, -0.2) is 4.98 Å². The van der Waals surface area contributed by atoms with Gasteiger partial charge in [0, 0.05) is 25.6 Å². The third-order valence-corrected chi connectivity index (χ3v) is 6.55. The second kappa shape index (κ2) is 7.05. The smallest absolute Gasteiger partial charge is 0.291 e. The minimum absolute atomic E-state index is 0.0464. The molecule has 1 spiro atoms. The molecule has 2 amide bonds. The van der Waals surface area contributed by atoms with E-state index in [1.54, 1.807) is 0 Å². The highest BCUT2D eigenvalue weighted by Gasteiger charge is 2.48. The van der Waals surface area contributed by atoms with Crippen LogP contribution < -0.4 is 5.32 Å². The van der Waals surface area contributed by atoms with Crippen molar-refractivity contribution < 1.29 is 14.0 Å². The van der Waals surface area contributed by atoms with Gasteiger partial charge >= 0.3 is 0 Å². The zero-order valence-corrected chi connectivity index (χ0v) is 15.6. The molecule has 1 unspecified atom stereocenters. The number of carbonyl (C=O) groups excluding carboxylic acids is 2. The van der Waals surface area contributed by atoms with Crippen LogP contribution in [0.4, 0.5) is 0 Å². The Morgan fingerprint density at radius 2 is 2.08 bits per heavy atom. The molecule has 1 aliphatic heterocycles. The Kier molecular flexibility index (Phi) is 4.76. The number of oxazole rings is 1. The molecule has 3 fully saturated rings. The van der Waals surface area contributed by atoms with E-state index in [2.05, 4.69) is 10.3 Å². The maximum absolute atomic E-state index is 12.9. The van der Waals surface area contributed by atoms with Crippen molar-refractivity contribution in [2.45, 2.75) is 70.8 Å². The zero-order chi connectivity index (χ0) is 18.1. The molecular weight excluding hydrogens is 330 g/mol. The number of aromatic nitrogens is 1. The lowest BCUT2D eigenvalue weighted by molar-refractivity contribution is -0.121. The van der Waals surface area contributed by atoms with Crippen molar-refractivity contribution in [1.29, 1.82) is 0 Å². The quantitative estimate of drug-likeness (QED) is 0.877. The fourth-order valence-corrected chi connectivity index (χ4v) is 4.89. The topological polar surface area (TPSA) is 75.4 Å². The highest BCUT2D eigenvalue weighted by Crippen LogP contribution is 2.49. The summed E-state index contributed by atoms with van der Waals surface area (Å²) in [6.45, 7) is 3.33. The Hall–Kier alpha value is -1.85. The molecule has 2 aliphatic carbocycles. The summed E-state index contributed by atoms with van der Waals surface area (Å²) < 4.78 is 5.33. The molecule has 142 valence electrons. The van der Waals surface area contributed by atoms with E-state index in [0.717, 1.165) is 32.4 Å². The number of aryl methyl sites for hydroxylation is 1. The molecule has 6 nitrogen and oxygen atoms in total. The maximum Gasteiger partial charge on any atom is 0.291 e. The third-order valence-electron chi connectivity index (χ3n) is 6.55. The van der Waals surface area contributed by atoms with Gasteiger partial charge < -0.3 is 14.6 Å². The Bertz CT molecular complexity index is 674. The van der Waals surface area contributed by atoms with Crippen molar-refractivity contribution >= 4 is 11.8 Å². The van der Waals surface area contributed by atoms with Gasteiger partial charge in [-0.3, -0.25) is 9.59 Å². The number of amides is 2. The van der Waals surface area contributed by atoms with E-state index in [9.17, 15) is 9.59 Å². The van der Waals surface area contributed by atoms with Gasteiger partial charge in [0.2, 0.25) is 11.7 Å². The molecule has 0 bridgehead atoms. The van der Waals surface area contributed by atoms with Gasteiger partial charge in [-0.1, -0.05) is 19.3 Å². The van der Waals surface area contributed by atoms with E-state index in [1.807, 2.05) is 11.8 Å². The number of carbonyl (C=O) groups is 2. The van der Waals surface area contributed by atoms with E-state index >= 15 is 0 Å². The van der Waals surface area contributed by atoms with Gasteiger partial charge in [0.05, 0.1) is 5.69 Å². The second-order valence-electron chi connectivity index (χ2n) is 8.45. The average molecular weight is 359 g/mol. The molecule has 1 aromatic heterocycles. The Morgan fingerprint density at radius 1 is 1.31 bits per heavy atom. The molecule has 2 saturated carbocycles. The first-order valence-corrected chi connectivity index (χ1v) is 10.1. The summed E-state index contributed by atoms with van der Waals surface area (Å²) in [5, 5.41) is 3.09. The van der Waals surface area contributed by atoms with Gasteiger partial charge in [0.1, 0.15) is 0 Å². The fourth-order valence-electron chi connectivity index (χ4n) is 4.89. The lowest BCUT2D eigenvalue weighted by Crippen LogP contribution is -2.35. The maximum atomic E-state index is 12.9. The van der Waals surface area contributed by atoms with Crippen LogP contribution >= 0.6 is 0 Å². The summed E-state index contributed by atoms with van der Waals surface area (Å²) in [6.07, 6.45) is 11.1. The predicted molar refractivity (Wildman–Crippen MR) is 96.6 cm³/mol. The van der Waals surface area contributed by atoms with Crippen LogP contribution in [0.1, 0.15) is 74.0 Å². The largest absolute Gasteiger partial charge is 0.438 e. The summed E-state index contributed by atoms with van der Waals surface area (Å²) in [7, 11) is 0. The number of nitrogens with one attached hydrogen (secondary N) is 1. The molecule has 0 aromatic carbocycles. The average Bonchev–Trinajstić information content (AvgIpc) is 3.23. The fraction of sp³-hybridized carbons (Fsp3) is 0.750. The zero-order valence-electron chi connectivity index (χ0n) is 15.6. The number of nitrogens with zero attached hydrogens (tertiary/aromatic N) is 2. The van der Waals surface area contributed by atoms with Gasteiger partial charge in [-0.15, -0.1) is 0 Å².